The van der Waals surface area contributed by atoms with Crippen molar-refractivity contribution in [2.45, 2.75) is 32.9 Å². The molecule has 3 aromatic rings. The van der Waals surface area contributed by atoms with Crippen LogP contribution in [0.1, 0.15) is 34.2 Å². The van der Waals surface area contributed by atoms with Crippen molar-refractivity contribution in [2.75, 3.05) is 26.7 Å². The third kappa shape index (κ3) is 4.83. The predicted octanol–water partition coefficient (Wildman–Crippen LogP) is 3.80. The van der Waals surface area contributed by atoms with Crippen molar-refractivity contribution in [1.29, 1.82) is 0 Å². The molecule has 1 aliphatic heterocycles. The maximum atomic E-state index is 14.5. The van der Waals surface area contributed by atoms with Gasteiger partial charge in [-0.3, -0.25) is 14.8 Å². The second-order valence-electron chi connectivity index (χ2n) is 8.38. The summed E-state index contributed by atoms with van der Waals surface area (Å²) in [5, 5.41) is 7.22. The van der Waals surface area contributed by atoms with E-state index in [4.69, 9.17) is 4.74 Å². The molecule has 1 atom stereocenters. The minimum Gasteiger partial charge on any atom is -0.484 e. The van der Waals surface area contributed by atoms with Gasteiger partial charge >= 0.3 is 0 Å². The summed E-state index contributed by atoms with van der Waals surface area (Å²) in [4.78, 5) is 16.8. The van der Waals surface area contributed by atoms with Crippen LogP contribution in [0.4, 0.5) is 4.39 Å². The van der Waals surface area contributed by atoms with Crippen LogP contribution >= 0.6 is 0 Å². The van der Waals surface area contributed by atoms with Crippen LogP contribution < -0.4 is 4.74 Å². The summed E-state index contributed by atoms with van der Waals surface area (Å²) in [7, 11) is 1.82. The SMILES string of the molecule is Cc1n[nH]c(C)c1CCN(C)C(=O)CN1Cc2ccccc2OC(c2ccccc2F)C1. The first-order valence-corrected chi connectivity index (χ1v) is 10.9. The fourth-order valence-electron chi connectivity index (χ4n) is 4.16. The monoisotopic (exact) mass is 436 g/mol. The molecule has 1 aromatic heterocycles. The highest BCUT2D eigenvalue weighted by molar-refractivity contribution is 5.78. The van der Waals surface area contributed by atoms with E-state index in [1.165, 1.54) is 6.07 Å². The van der Waals surface area contributed by atoms with Crippen molar-refractivity contribution in [1.82, 2.24) is 20.0 Å². The number of aryl methyl sites for hydroxylation is 2. The van der Waals surface area contributed by atoms with Gasteiger partial charge < -0.3 is 9.64 Å². The summed E-state index contributed by atoms with van der Waals surface area (Å²) in [6.45, 7) is 5.81. The molecule has 1 amide bonds. The van der Waals surface area contributed by atoms with Gasteiger partial charge in [0.25, 0.3) is 0 Å². The van der Waals surface area contributed by atoms with Crippen molar-refractivity contribution >= 4 is 5.91 Å². The number of aromatic amines is 1. The topological polar surface area (TPSA) is 61.5 Å². The smallest absolute Gasteiger partial charge is 0.236 e. The lowest BCUT2D eigenvalue weighted by Gasteiger charge is -2.26. The van der Waals surface area contributed by atoms with E-state index in [0.29, 0.717) is 25.2 Å². The number of carbonyl (C=O) groups is 1. The molecule has 0 fully saturated rings. The number of para-hydroxylation sites is 1. The summed E-state index contributed by atoms with van der Waals surface area (Å²) in [6, 6.07) is 14.4. The van der Waals surface area contributed by atoms with Gasteiger partial charge in [-0.25, -0.2) is 4.39 Å². The number of fused-ring (bicyclic) bond motifs is 1. The zero-order chi connectivity index (χ0) is 22.7. The van der Waals surface area contributed by atoms with Gasteiger partial charge in [-0.05, 0) is 38.0 Å². The molecule has 0 spiro atoms. The number of hydrogen-bond donors (Lipinski definition) is 1. The predicted molar refractivity (Wildman–Crippen MR) is 121 cm³/mol. The summed E-state index contributed by atoms with van der Waals surface area (Å²) in [6.07, 6.45) is 0.259. The number of benzene rings is 2. The molecular weight excluding hydrogens is 407 g/mol. The second kappa shape index (κ2) is 9.53. The normalized spacial score (nSPS) is 16.2. The van der Waals surface area contributed by atoms with Crippen LogP contribution in [0.3, 0.4) is 0 Å². The minimum atomic E-state index is -0.491. The molecule has 1 unspecified atom stereocenters. The number of aromatic nitrogens is 2. The highest BCUT2D eigenvalue weighted by Gasteiger charge is 2.27. The van der Waals surface area contributed by atoms with Crippen molar-refractivity contribution in [2.24, 2.45) is 0 Å². The Balaban J connectivity index is 1.48. The van der Waals surface area contributed by atoms with Gasteiger partial charge in [-0.1, -0.05) is 36.4 Å². The third-order valence-electron chi connectivity index (χ3n) is 6.07. The Morgan fingerprint density at radius 2 is 1.97 bits per heavy atom. The van der Waals surface area contributed by atoms with Gasteiger partial charge in [0, 0.05) is 43.5 Å². The highest BCUT2D eigenvalue weighted by atomic mass is 19.1. The number of carbonyl (C=O) groups excluding carboxylic acids is 1. The van der Waals surface area contributed by atoms with Crippen LogP contribution in [-0.4, -0.2) is 52.6 Å². The van der Waals surface area contributed by atoms with E-state index in [2.05, 4.69) is 10.2 Å². The average molecular weight is 437 g/mol. The maximum Gasteiger partial charge on any atom is 0.236 e. The van der Waals surface area contributed by atoms with Crippen LogP contribution in [0.2, 0.25) is 0 Å². The van der Waals surface area contributed by atoms with Crippen LogP contribution in [0.15, 0.2) is 48.5 Å². The number of amides is 1. The number of halogens is 1. The maximum absolute atomic E-state index is 14.5. The van der Waals surface area contributed by atoms with Crippen molar-refractivity contribution in [3.8, 4) is 5.75 Å². The zero-order valence-corrected chi connectivity index (χ0v) is 18.8. The molecule has 2 heterocycles. The molecule has 4 rings (SSSR count). The molecule has 0 bridgehead atoms. The van der Waals surface area contributed by atoms with E-state index < -0.39 is 6.10 Å². The molecule has 2 aromatic carbocycles. The van der Waals surface area contributed by atoms with Crippen molar-refractivity contribution in [3.63, 3.8) is 0 Å². The summed E-state index contributed by atoms with van der Waals surface area (Å²) >= 11 is 0. The number of nitrogens with zero attached hydrogens (tertiary/aromatic N) is 3. The lowest BCUT2D eigenvalue weighted by Crippen LogP contribution is -2.40. The van der Waals surface area contributed by atoms with Gasteiger partial charge in [0.1, 0.15) is 17.7 Å². The molecule has 7 heteroatoms. The van der Waals surface area contributed by atoms with Gasteiger partial charge in [0.05, 0.1) is 12.2 Å². The Labute approximate surface area is 188 Å². The van der Waals surface area contributed by atoms with E-state index in [1.807, 2.05) is 56.1 Å². The molecule has 168 valence electrons. The second-order valence-corrected chi connectivity index (χ2v) is 8.38. The first kappa shape index (κ1) is 22.0. The molecule has 0 saturated heterocycles. The fraction of sp³-hybridized carbons (Fsp3) is 0.360. The Hall–Kier alpha value is -3.19. The first-order valence-electron chi connectivity index (χ1n) is 10.9. The van der Waals surface area contributed by atoms with E-state index in [9.17, 15) is 9.18 Å². The molecule has 1 aliphatic rings. The lowest BCUT2D eigenvalue weighted by atomic mass is 10.1. The Morgan fingerprint density at radius 3 is 2.72 bits per heavy atom. The molecular formula is C25H29FN4O2. The number of nitrogens with one attached hydrogen (secondary N) is 1. The van der Waals surface area contributed by atoms with Crippen LogP contribution in [-0.2, 0) is 17.8 Å². The van der Waals surface area contributed by atoms with Crippen LogP contribution in [0.25, 0.3) is 0 Å². The molecule has 0 aliphatic carbocycles. The standard InChI is InChI=1S/C25H29FN4O2/c1-17-20(18(2)28-27-17)12-13-29(3)25(31)16-30-14-19-8-4-7-11-23(19)32-24(15-30)21-9-5-6-10-22(21)26/h4-11,24H,12-16H2,1-3H3,(H,27,28). The molecule has 1 N–H and O–H groups in total. The zero-order valence-electron chi connectivity index (χ0n) is 18.8. The third-order valence-corrected chi connectivity index (χ3v) is 6.07. The summed E-state index contributed by atoms with van der Waals surface area (Å²) < 4.78 is 20.7. The first-order chi connectivity index (χ1) is 15.4. The Kier molecular flexibility index (Phi) is 6.55. The van der Waals surface area contributed by atoms with Gasteiger partial charge in [-0.15, -0.1) is 0 Å². The van der Waals surface area contributed by atoms with E-state index >= 15 is 0 Å². The summed E-state index contributed by atoms with van der Waals surface area (Å²) in [5.41, 5.74) is 4.66. The quantitative estimate of drug-likeness (QED) is 0.639. The molecule has 6 nitrogen and oxygen atoms in total. The fourth-order valence-corrected chi connectivity index (χ4v) is 4.16. The number of likely N-dealkylation sites (N-methyl/N-ethyl adjacent to an activating group) is 1. The average Bonchev–Trinajstić information content (AvgIpc) is 2.99. The largest absolute Gasteiger partial charge is 0.484 e. The van der Waals surface area contributed by atoms with Crippen molar-refractivity contribution in [3.05, 3.63) is 82.4 Å². The number of ether oxygens (including phenoxy) is 1. The van der Waals surface area contributed by atoms with E-state index in [0.717, 1.165) is 34.7 Å². The molecule has 0 radical (unpaired) electrons. The Morgan fingerprint density at radius 1 is 1.22 bits per heavy atom. The molecule has 0 saturated carbocycles. The Bertz CT molecular complexity index is 1080. The minimum absolute atomic E-state index is 0.0236. The van der Waals surface area contributed by atoms with E-state index in [-0.39, 0.29) is 18.3 Å². The number of rotatable bonds is 6. The highest BCUT2D eigenvalue weighted by Crippen LogP contribution is 2.32. The van der Waals surface area contributed by atoms with Gasteiger partial charge in [-0.2, -0.15) is 5.10 Å². The lowest BCUT2D eigenvalue weighted by molar-refractivity contribution is -0.131. The van der Waals surface area contributed by atoms with Crippen LogP contribution in [0, 0.1) is 19.7 Å². The molecule has 32 heavy (non-hydrogen) atoms. The van der Waals surface area contributed by atoms with Crippen LogP contribution in [0.5, 0.6) is 5.75 Å². The van der Waals surface area contributed by atoms with Crippen molar-refractivity contribution < 1.29 is 13.9 Å². The van der Waals surface area contributed by atoms with Gasteiger partial charge in [0.15, 0.2) is 0 Å². The van der Waals surface area contributed by atoms with E-state index in [1.54, 1.807) is 17.0 Å². The number of hydrogen-bond acceptors (Lipinski definition) is 4. The van der Waals surface area contributed by atoms with Gasteiger partial charge in [0.2, 0.25) is 5.91 Å². The number of H-pyrrole nitrogens is 1. The summed E-state index contributed by atoms with van der Waals surface area (Å²) in [5.74, 6) is 0.455.